The van der Waals surface area contributed by atoms with Gasteiger partial charge in [0.2, 0.25) is 0 Å². The lowest BCUT2D eigenvalue weighted by molar-refractivity contribution is 0.0162. The number of aryl methyl sites for hydroxylation is 2. The number of rotatable bonds is 6. The van der Waals surface area contributed by atoms with Gasteiger partial charge in [-0.3, -0.25) is 9.69 Å². The molecule has 0 bridgehead atoms. The van der Waals surface area contributed by atoms with Crippen LogP contribution in [0.5, 0.6) is 0 Å². The molecule has 0 radical (unpaired) electrons. The summed E-state index contributed by atoms with van der Waals surface area (Å²) < 4.78 is 5.52. The Morgan fingerprint density at radius 3 is 2.36 bits per heavy atom. The molecule has 1 N–H and O–H groups in total. The summed E-state index contributed by atoms with van der Waals surface area (Å²) in [6.07, 6.45) is 0. The molecule has 1 heterocycles. The van der Waals surface area contributed by atoms with Crippen molar-refractivity contribution in [2.45, 2.75) is 19.9 Å². The monoisotopic (exact) mass is 381 g/mol. The Morgan fingerprint density at radius 2 is 1.75 bits per heavy atom. The van der Waals surface area contributed by atoms with Crippen LogP contribution < -0.4 is 10.2 Å². The highest BCUT2D eigenvalue weighted by Crippen LogP contribution is 2.24. The molecular formula is C23H31N3O2. The third-order valence-corrected chi connectivity index (χ3v) is 5.51. The Labute approximate surface area is 168 Å². The number of hydrogen-bond donors (Lipinski definition) is 1. The summed E-state index contributed by atoms with van der Waals surface area (Å²) >= 11 is 0. The van der Waals surface area contributed by atoms with E-state index in [1.54, 1.807) is 0 Å². The van der Waals surface area contributed by atoms with E-state index in [2.05, 4.69) is 46.3 Å². The molecule has 1 fully saturated rings. The van der Waals surface area contributed by atoms with E-state index in [1.807, 2.05) is 39.2 Å². The van der Waals surface area contributed by atoms with Gasteiger partial charge in [0.25, 0.3) is 5.91 Å². The summed E-state index contributed by atoms with van der Waals surface area (Å²) in [5, 5.41) is 3.15. The molecule has 2 aromatic rings. The van der Waals surface area contributed by atoms with Crippen LogP contribution in [-0.2, 0) is 4.74 Å². The highest BCUT2D eigenvalue weighted by Gasteiger charge is 2.23. The maximum absolute atomic E-state index is 12.7. The minimum absolute atomic E-state index is 0.0220. The number of nitrogens with one attached hydrogen (secondary N) is 1. The Morgan fingerprint density at radius 1 is 1.07 bits per heavy atom. The molecule has 3 rings (SSSR count). The van der Waals surface area contributed by atoms with E-state index in [1.165, 1.54) is 16.8 Å². The van der Waals surface area contributed by atoms with E-state index >= 15 is 0 Å². The summed E-state index contributed by atoms with van der Waals surface area (Å²) in [6.45, 7) is 7.89. The Hall–Kier alpha value is -2.37. The van der Waals surface area contributed by atoms with Crippen molar-refractivity contribution in [2.24, 2.45) is 0 Å². The molecule has 1 atom stereocenters. The predicted octanol–water partition coefficient (Wildman–Crippen LogP) is 3.17. The molecule has 1 saturated heterocycles. The molecule has 5 heteroatoms. The van der Waals surface area contributed by atoms with Crippen LogP contribution in [0.4, 0.5) is 5.69 Å². The van der Waals surface area contributed by atoms with Crippen molar-refractivity contribution in [3.63, 3.8) is 0 Å². The first-order chi connectivity index (χ1) is 13.5. The topological polar surface area (TPSA) is 44.8 Å². The van der Waals surface area contributed by atoms with Crippen LogP contribution in [0.2, 0.25) is 0 Å². The maximum Gasteiger partial charge on any atom is 0.251 e. The third kappa shape index (κ3) is 4.91. The van der Waals surface area contributed by atoms with E-state index in [0.29, 0.717) is 12.1 Å². The van der Waals surface area contributed by atoms with Gasteiger partial charge in [0.1, 0.15) is 0 Å². The molecule has 0 saturated carbocycles. The van der Waals surface area contributed by atoms with Gasteiger partial charge in [0, 0.05) is 45.0 Å². The van der Waals surface area contributed by atoms with Gasteiger partial charge in [-0.25, -0.2) is 0 Å². The highest BCUT2D eigenvalue weighted by molar-refractivity contribution is 5.94. The van der Waals surface area contributed by atoms with Gasteiger partial charge in [-0.2, -0.15) is 0 Å². The Balaban J connectivity index is 1.75. The average molecular weight is 382 g/mol. The number of benzene rings is 2. The summed E-state index contributed by atoms with van der Waals surface area (Å²) in [4.78, 5) is 17.2. The van der Waals surface area contributed by atoms with E-state index in [0.717, 1.165) is 31.9 Å². The quantitative estimate of drug-likeness (QED) is 0.835. The van der Waals surface area contributed by atoms with Gasteiger partial charge in [0.15, 0.2) is 0 Å². The van der Waals surface area contributed by atoms with Gasteiger partial charge in [-0.15, -0.1) is 0 Å². The normalized spacial score (nSPS) is 15.9. The van der Waals surface area contributed by atoms with Crippen LogP contribution in [-0.4, -0.2) is 57.8 Å². The van der Waals surface area contributed by atoms with Crippen LogP contribution in [0.1, 0.15) is 33.1 Å². The van der Waals surface area contributed by atoms with Crippen molar-refractivity contribution in [2.75, 3.05) is 51.8 Å². The lowest BCUT2D eigenvalue weighted by Crippen LogP contribution is -2.43. The molecule has 0 spiro atoms. The van der Waals surface area contributed by atoms with Crippen molar-refractivity contribution in [3.05, 3.63) is 64.7 Å². The maximum atomic E-state index is 12.7. The van der Waals surface area contributed by atoms with Crippen LogP contribution >= 0.6 is 0 Å². The molecule has 0 aromatic heterocycles. The molecule has 28 heavy (non-hydrogen) atoms. The molecule has 0 unspecified atom stereocenters. The summed E-state index contributed by atoms with van der Waals surface area (Å²) in [7, 11) is 4.08. The van der Waals surface area contributed by atoms with E-state index in [9.17, 15) is 4.79 Å². The van der Waals surface area contributed by atoms with Gasteiger partial charge >= 0.3 is 0 Å². The zero-order chi connectivity index (χ0) is 20.1. The van der Waals surface area contributed by atoms with Crippen LogP contribution in [0.25, 0.3) is 0 Å². The Kier molecular flexibility index (Phi) is 6.70. The van der Waals surface area contributed by atoms with Crippen LogP contribution in [0.15, 0.2) is 42.5 Å². The second-order valence-corrected chi connectivity index (χ2v) is 7.66. The summed E-state index contributed by atoms with van der Waals surface area (Å²) in [5.41, 5.74) is 5.43. The van der Waals surface area contributed by atoms with Crippen LogP contribution in [0, 0.1) is 13.8 Å². The van der Waals surface area contributed by atoms with Crippen LogP contribution in [0.3, 0.4) is 0 Å². The van der Waals surface area contributed by atoms with E-state index < -0.39 is 0 Å². The van der Waals surface area contributed by atoms with E-state index in [4.69, 9.17) is 4.74 Å². The fraction of sp³-hybridized carbons (Fsp3) is 0.435. The van der Waals surface area contributed by atoms with Gasteiger partial charge in [0.05, 0.1) is 19.3 Å². The summed E-state index contributed by atoms with van der Waals surface area (Å²) in [5.74, 6) is -0.0220. The lowest BCUT2D eigenvalue weighted by Gasteiger charge is -2.35. The second-order valence-electron chi connectivity index (χ2n) is 7.66. The van der Waals surface area contributed by atoms with Crippen molar-refractivity contribution >= 4 is 11.6 Å². The first-order valence-electron chi connectivity index (χ1n) is 9.90. The number of carbonyl (C=O) groups is 1. The minimum atomic E-state index is -0.0220. The SMILES string of the molecule is Cc1ccc(C(=O)NC[C@H](c2ccc(N(C)C)cc2)N2CCOCC2)cc1C. The number of ether oxygens (including phenoxy) is 1. The zero-order valence-corrected chi connectivity index (χ0v) is 17.4. The Bertz CT molecular complexity index is 796. The summed E-state index contributed by atoms with van der Waals surface area (Å²) in [6, 6.07) is 14.6. The molecule has 5 nitrogen and oxygen atoms in total. The second kappa shape index (κ2) is 9.22. The number of morpholine rings is 1. The first-order valence-corrected chi connectivity index (χ1v) is 9.90. The first kappa shape index (κ1) is 20.4. The molecule has 1 amide bonds. The van der Waals surface area contributed by atoms with Gasteiger partial charge in [-0.05, 0) is 54.8 Å². The largest absolute Gasteiger partial charge is 0.379 e. The van der Waals surface area contributed by atoms with E-state index in [-0.39, 0.29) is 11.9 Å². The standard InChI is InChI=1S/C23H31N3O2/c1-17-5-6-20(15-18(17)2)23(27)24-16-22(26-11-13-28-14-12-26)19-7-9-21(10-8-19)25(3)4/h5-10,15,22H,11-14,16H2,1-4H3,(H,24,27)/t22-/m1/s1. The number of amides is 1. The molecule has 150 valence electrons. The molecular weight excluding hydrogens is 350 g/mol. The number of anilines is 1. The number of carbonyl (C=O) groups excluding carboxylic acids is 1. The fourth-order valence-electron chi connectivity index (χ4n) is 3.52. The van der Waals surface area contributed by atoms with Gasteiger partial charge < -0.3 is 15.0 Å². The predicted molar refractivity (Wildman–Crippen MR) is 114 cm³/mol. The number of nitrogens with zero attached hydrogens (tertiary/aromatic N) is 2. The van der Waals surface area contributed by atoms with Gasteiger partial charge in [-0.1, -0.05) is 18.2 Å². The molecule has 0 aliphatic carbocycles. The molecule has 2 aromatic carbocycles. The molecule has 1 aliphatic heterocycles. The van der Waals surface area contributed by atoms with Crippen molar-refractivity contribution < 1.29 is 9.53 Å². The third-order valence-electron chi connectivity index (χ3n) is 5.51. The highest BCUT2D eigenvalue weighted by atomic mass is 16.5. The lowest BCUT2D eigenvalue weighted by atomic mass is 10.0. The smallest absolute Gasteiger partial charge is 0.251 e. The average Bonchev–Trinajstić information content (AvgIpc) is 2.71. The van der Waals surface area contributed by atoms with Crippen molar-refractivity contribution in [1.29, 1.82) is 0 Å². The number of hydrogen-bond acceptors (Lipinski definition) is 4. The minimum Gasteiger partial charge on any atom is -0.379 e. The molecule has 1 aliphatic rings. The van der Waals surface area contributed by atoms with Crippen molar-refractivity contribution in [3.8, 4) is 0 Å². The van der Waals surface area contributed by atoms with Crippen molar-refractivity contribution in [1.82, 2.24) is 10.2 Å². The zero-order valence-electron chi connectivity index (χ0n) is 17.4. The fourth-order valence-corrected chi connectivity index (χ4v) is 3.52.